The molecule has 2 saturated heterocycles. The summed E-state index contributed by atoms with van der Waals surface area (Å²) < 4.78 is 10.6. The Labute approximate surface area is 117 Å². The van der Waals surface area contributed by atoms with Gasteiger partial charge in [-0.1, -0.05) is 5.16 Å². The minimum absolute atomic E-state index is 0.0935. The summed E-state index contributed by atoms with van der Waals surface area (Å²) in [7, 11) is 0. The van der Waals surface area contributed by atoms with Crippen molar-refractivity contribution in [2.45, 2.75) is 44.2 Å². The number of nitrogens with one attached hydrogen (secondary N) is 2. The highest BCUT2D eigenvalue weighted by atomic mass is 16.5. The van der Waals surface area contributed by atoms with Crippen LogP contribution < -0.4 is 10.6 Å². The molecule has 2 aliphatic rings. The maximum Gasteiger partial charge on any atom is 0.292 e. The van der Waals surface area contributed by atoms with Crippen LogP contribution in [0.5, 0.6) is 0 Å². The Bertz CT molecular complexity index is 450. The van der Waals surface area contributed by atoms with Crippen molar-refractivity contribution in [1.82, 2.24) is 20.8 Å². The average molecular weight is 280 g/mol. The van der Waals surface area contributed by atoms with Gasteiger partial charge in [0.15, 0.2) is 0 Å². The summed E-state index contributed by atoms with van der Waals surface area (Å²) >= 11 is 0. The van der Waals surface area contributed by atoms with E-state index in [0.717, 1.165) is 45.3 Å². The Morgan fingerprint density at radius 2 is 2.35 bits per heavy atom. The average Bonchev–Trinajstić information content (AvgIpc) is 3.20. The zero-order chi connectivity index (χ0) is 13.8. The van der Waals surface area contributed by atoms with Crippen molar-refractivity contribution < 1.29 is 14.1 Å². The van der Waals surface area contributed by atoms with E-state index in [9.17, 15) is 4.79 Å². The number of amides is 1. The van der Waals surface area contributed by atoms with Crippen LogP contribution >= 0.6 is 0 Å². The van der Waals surface area contributed by atoms with Crippen LogP contribution in [0.4, 0.5) is 0 Å². The first-order valence-electron chi connectivity index (χ1n) is 7.30. The molecule has 0 saturated carbocycles. The van der Waals surface area contributed by atoms with Crippen molar-refractivity contribution in [2.24, 2.45) is 0 Å². The number of nitrogens with zero attached hydrogens (tertiary/aromatic N) is 2. The van der Waals surface area contributed by atoms with Crippen LogP contribution in [0.1, 0.15) is 54.7 Å². The van der Waals surface area contributed by atoms with Gasteiger partial charge in [0, 0.05) is 13.2 Å². The largest absolute Gasteiger partial charge is 0.378 e. The quantitative estimate of drug-likeness (QED) is 0.829. The highest BCUT2D eigenvalue weighted by Gasteiger charge is 2.24. The van der Waals surface area contributed by atoms with Crippen LogP contribution in [0.25, 0.3) is 0 Å². The second-order valence-electron chi connectivity index (χ2n) is 5.28. The lowest BCUT2D eigenvalue weighted by Gasteiger charge is -2.08. The van der Waals surface area contributed by atoms with Gasteiger partial charge in [0.2, 0.25) is 5.89 Å². The van der Waals surface area contributed by atoms with Crippen molar-refractivity contribution in [1.29, 1.82) is 0 Å². The fraction of sp³-hybridized carbons (Fsp3) is 0.769. The molecular formula is C13H20N4O3. The number of carbonyl (C=O) groups is 1. The standard InChI is InChI=1S/C13H20N4O3/c18-12(15-7-5-9-3-2-8-19-9)11-16-13(20-17-11)10-4-1-6-14-10/h9-10,14H,1-8H2,(H,15,18). The fourth-order valence-corrected chi connectivity index (χ4v) is 2.66. The molecule has 2 atom stereocenters. The molecule has 3 heterocycles. The topological polar surface area (TPSA) is 89.3 Å². The third kappa shape index (κ3) is 3.16. The first kappa shape index (κ1) is 13.5. The van der Waals surface area contributed by atoms with Gasteiger partial charge < -0.3 is 19.9 Å². The molecule has 20 heavy (non-hydrogen) atoms. The molecule has 0 aliphatic carbocycles. The number of hydrogen-bond acceptors (Lipinski definition) is 6. The van der Waals surface area contributed by atoms with Crippen molar-refractivity contribution in [3.63, 3.8) is 0 Å². The molecule has 0 aromatic carbocycles. The second-order valence-corrected chi connectivity index (χ2v) is 5.28. The summed E-state index contributed by atoms with van der Waals surface area (Å²) in [5.41, 5.74) is 0. The molecule has 7 heteroatoms. The lowest BCUT2D eigenvalue weighted by atomic mass is 10.2. The minimum atomic E-state index is -0.281. The van der Waals surface area contributed by atoms with Gasteiger partial charge in [-0.15, -0.1) is 0 Å². The van der Waals surface area contributed by atoms with Gasteiger partial charge in [-0.2, -0.15) is 4.98 Å². The van der Waals surface area contributed by atoms with Crippen LogP contribution in [-0.4, -0.2) is 41.8 Å². The fourth-order valence-electron chi connectivity index (χ4n) is 2.66. The van der Waals surface area contributed by atoms with E-state index in [0.29, 0.717) is 12.4 Å². The van der Waals surface area contributed by atoms with E-state index in [4.69, 9.17) is 9.26 Å². The Hall–Kier alpha value is -1.47. The Morgan fingerprint density at radius 3 is 3.10 bits per heavy atom. The maximum absolute atomic E-state index is 11.9. The summed E-state index contributed by atoms with van der Waals surface area (Å²) in [5, 5.41) is 9.81. The predicted molar refractivity (Wildman–Crippen MR) is 70.2 cm³/mol. The lowest BCUT2D eigenvalue weighted by molar-refractivity contribution is 0.0896. The van der Waals surface area contributed by atoms with Crippen LogP contribution in [0.2, 0.25) is 0 Å². The van der Waals surface area contributed by atoms with E-state index in [1.165, 1.54) is 0 Å². The summed E-state index contributed by atoms with van der Waals surface area (Å²) in [6.07, 6.45) is 5.37. The van der Waals surface area contributed by atoms with E-state index in [-0.39, 0.29) is 23.9 Å². The number of hydrogen-bond donors (Lipinski definition) is 2. The molecule has 2 N–H and O–H groups in total. The normalized spacial score (nSPS) is 26.0. The van der Waals surface area contributed by atoms with Crippen LogP contribution in [-0.2, 0) is 4.74 Å². The zero-order valence-corrected chi connectivity index (χ0v) is 11.4. The Morgan fingerprint density at radius 1 is 1.40 bits per heavy atom. The van der Waals surface area contributed by atoms with Gasteiger partial charge in [0.25, 0.3) is 11.7 Å². The van der Waals surface area contributed by atoms with Gasteiger partial charge in [0.1, 0.15) is 0 Å². The predicted octanol–water partition coefficient (Wildman–Crippen LogP) is 0.793. The SMILES string of the molecule is O=C(NCCC1CCCO1)c1noc(C2CCCN2)n1. The number of carbonyl (C=O) groups excluding carboxylic acids is 1. The number of aromatic nitrogens is 2. The molecule has 1 amide bonds. The van der Waals surface area contributed by atoms with Crippen LogP contribution in [0.3, 0.4) is 0 Å². The molecule has 110 valence electrons. The van der Waals surface area contributed by atoms with Crippen molar-refractivity contribution >= 4 is 5.91 Å². The van der Waals surface area contributed by atoms with Crippen molar-refractivity contribution in [3.05, 3.63) is 11.7 Å². The molecule has 7 nitrogen and oxygen atoms in total. The van der Waals surface area contributed by atoms with E-state index in [1.54, 1.807) is 0 Å². The van der Waals surface area contributed by atoms with E-state index < -0.39 is 0 Å². The Kier molecular flexibility index (Phi) is 4.27. The van der Waals surface area contributed by atoms with Crippen LogP contribution in [0, 0.1) is 0 Å². The monoisotopic (exact) mass is 280 g/mol. The molecule has 3 rings (SSSR count). The zero-order valence-electron chi connectivity index (χ0n) is 11.4. The summed E-state index contributed by atoms with van der Waals surface area (Å²) in [4.78, 5) is 16.0. The van der Waals surface area contributed by atoms with E-state index in [2.05, 4.69) is 20.8 Å². The van der Waals surface area contributed by atoms with Gasteiger partial charge in [-0.25, -0.2) is 0 Å². The molecule has 1 aromatic rings. The van der Waals surface area contributed by atoms with Crippen molar-refractivity contribution in [3.8, 4) is 0 Å². The van der Waals surface area contributed by atoms with E-state index in [1.807, 2.05) is 0 Å². The van der Waals surface area contributed by atoms with Gasteiger partial charge in [0.05, 0.1) is 12.1 Å². The van der Waals surface area contributed by atoms with Gasteiger partial charge >= 0.3 is 0 Å². The minimum Gasteiger partial charge on any atom is -0.378 e. The first-order chi connectivity index (χ1) is 9.83. The third-order valence-corrected chi connectivity index (χ3v) is 3.78. The summed E-state index contributed by atoms with van der Waals surface area (Å²) in [5.74, 6) is 0.337. The van der Waals surface area contributed by atoms with Gasteiger partial charge in [-0.05, 0) is 38.6 Å². The van der Waals surface area contributed by atoms with Crippen molar-refractivity contribution in [2.75, 3.05) is 19.7 Å². The molecule has 2 aliphatic heterocycles. The third-order valence-electron chi connectivity index (χ3n) is 3.78. The van der Waals surface area contributed by atoms with E-state index >= 15 is 0 Å². The summed E-state index contributed by atoms with van der Waals surface area (Å²) in [6.45, 7) is 2.37. The summed E-state index contributed by atoms with van der Waals surface area (Å²) in [6, 6.07) is 0.0935. The molecule has 0 spiro atoms. The molecule has 0 bridgehead atoms. The molecule has 2 unspecified atom stereocenters. The highest BCUT2D eigenvalue weighted by Crippen LogP contribution is 2.21. The second kappa shape index (κ2) is 6.32. The molecule has 2 fully saturated rings. The lowest BCUT2D eigenvalue weighted by Crippen LogP contribution is -2.28. The van der Waals surface area contributed by atoms with Crippen LogP contribution in [0.15, 0.2) is 4.52 Å². The highest BCUT2D eigenvalue weighted by molar-refractivity contribution is 5.90. The maximum atomic E-state index is 11.9. The molecular weight excluding hydrogens is 260 g/mol. The Balaban J connectivity index is 1.46. The number of rotatable bonds is 5. The smallest absolute Gasteiger partial charge is 0.292 e. The van der Waals surface area contributed by atoms with Gasteiger partial charge in [-0.3, -0.25) is 4.79 Å². The first-order valence-corrected chi connectivity index (χ1v) is 7.30. The number of ether oxygens (including phenoxy) is 1. The molecule has 1 aromatic heterocycles. The molecule has 0 radical (unpaired) electrons.